The molecular formula is C27H27BrN4O4. The van der Waals surface area contributed by atoms with E-state index in [4.69, 9.17) is 4.74 Å². The lowest BCUT2D eigenvalue weighted by Gasteiger charge is -2.11. The molecule has 9 heteroatoms. The normalized spacial score (nSPS) is 10.7. The summed E-state index contributed by atoms with van der Waals surface area (Å²) >= 11 is 3.38. The van der Waals surface area contributed by atoms with Crippen molar-refractivity contribution in [3.63, 3.8) is 0 Å². The van der Waals surface area contributed by atoms with Crippen LogP contribution < -0.4 is 20.8 Å². The number of para-hydroxylation sites is 1. The Kier molecular flexibility index (Phi) is 9.35. The Hall–Kier alpha value is -3.98. The molecule has 0 aromatic heterocycles. The van der Waals surface area contributed by atoms with Gasteiger partial charge in [0.25, 0.3) is 5.91 Å². The number of hydrogen-bond donors (Lipinski definition) is 3. The quantitative estimate of drug-likeness (QED) is 0.214. The van der Waals surface area contributed by atoms with Crippen LogP contribution in [0.4, 0.5) is 11.4 Å². The largest absolute Gasteiger partial charge is 0.483 e. The molecule has 3 amide bonds. The first kappa shape index (κ1) is 26.6. The van der Waals surface area contributed by atoms with Crippen molar-refractivity contribution >= 4 is 51.2 Å². The maximum absolute atomic E-state index is 12.4. The second-order valence-corrected chi connectivity index (χ2v) is 8.98. The molecule has 8 nitrogen and oxygen atoms in total. The van der Waals surface area contributed by atoms with Gasteiger partial charge in [0.2, 0.25) is 0 Å². The van der Waals surface area contributed by atoms with Gasteiger partial charge in [0.1, 0.15) is 5.75 Å². The summed E-state index contributed by atoms with van der Waals surface area (Å²) in [5, 5.41) is 9.28. The fourth-order valence-electron chi connectivity index (χ4n) is 3.48. The molecular weight excluding hydrogens is 524 g/mol. The van der Waals surface area contributed by atoms with Gasteiger partial charge in [-0.1, -0.05) is 47.1 Å². The third kappa shape index (κ3) is 7.78. The Morgan fingerprint density at radius 3 is 2.39 bits per heavy atom. The molecule has 0 unspecified atom stereocenters. The van der Waals surface area contributed by atoms with Gasteiger partial charge in [0.05, 0.1) is 6.21 Å². The highest BCUT2D eigenvalue weighted by Gasteiger charge is 2.14. The molecule has 3 N–H and O–H groups in total. The summed E-state index contributed by atoms with van der Waals surface area (Å²) in [4.78, 5) is 36.8. The summed E-state index contributed by atoms with van der Waals surface area (Å²) in [6, 6.07) is 18.2. The van der Waals surface area contributed by atoms with Crippen molar-refractivity contribution in [1.29, 1.82) is 0 Å². The monoisotopic (exact) mass is 550 g/mol. The van der Waals surface area contributed by atoms with E-state index in [1.54, 1.807) is 30.3 Å². The number of ether oxygens (including phenoxy) is 1. The van der Waals surface area contributed by atoms with Crippen molar-refractivity contribution in [2.24, 2.45) is 5.10 Å². The number of benzene rings is 3. The van der Waals surface area contributed by atoms with Crippen LogP contribution in [0.5, 0.6) is 5.75 Å². The Morgan fingerprint density at radius 2 is 1.67 bits per heavy atom. The number of aryl methyl sites for hydroxylation is 3. The Bertz CT molecular complexity index is 1290. The van der Waals surface area contributed by atoms with E-state index in [0.717, 1.165) is 21.2 Å². The first-order valence-electron chi connectivity index (χ1n) is 11.3. The third-order valence-corrected chi connectivity index (χ3v) is 5.55. The van der Waals surface area contributed by atoms with Gasteiger partial charge in [-0.25, -0.2) is 5.43 Å². The summed E-state index contributed by atoms with van der Waals surface area (Å²) in [6.45, 7) is 5.65. The van der Waals surface area contributed by atoms with E-state index >= 15 is 0 Å². The van der Waals surface area contributed by atoms with Crippen LogP contribution >= 0.6 is 15.9 Å². The molecule has 3 aromatic rings. The van der Waals surface area contributed by atoms with Crippen LogP contribution in [0.15, 0.2) is 70.2 Å². The molecule has 0 aliphatic heterocycles. The van der Waals surface area contributed by atoms with Crippen molar-refractivity contribution in [3.8, 4) is 5.75 Å². The summed E-state index contributed by atoms with van der Waals surface area (Å²) in [6.07, 6.45) is 2.05. The molecule has 3 rings (SSSR count). The summed E-state index contributed by atoms with van der Waals surface area (Å²) < 4.78 is 6.43. The lowest BCUT2D eigenvalue weighted by atomic mass is 10.1. The number of amides is 3. The number of carbonyl (C=O) groups is 3. The molecule has 0 saturated carbocycles. The van der Waals surface area contributed by atoms with E-state index in [-0.39, 0.29) is 12.5 Å². The van der Waals surface area contributed by atoms with Crippen molar-refractivity contribution in [2.75, 3.05) is 17.2 Å². The topological polar surface area (TPSA) is 109 Å². The van der Waals surface area contributed by atoms with Crippen LogP contribution in [0.2, 0.25) is 0 Å². The maximum atomic E-state index is 12.4. The van der Waals surface area contributed by atoms with Gasteiger partial charge in [0, 0.05) is 21.4 Å². The van der Waals surface area contributed by atoms with Gasteiger partial charge < -0.3 is 15.4 Å². The SMILES string of the molecule is CCc1ccccc1NC(=O)C(=O)N/N=C\c1cc(Br)ccc1OCC(=O)Nc1cc(C)cc(C)c1. The molecule has 0 fully saturated rings. The number of nitrogens with one attached hydrogen (secondary N) is 3. The number of nitrogens with zero attached hydrogens (tertiary/aromatic N) is 1. The average molecular weight is 551 g/mol. The van der Waals surface area contributed by atoms with E-state index in [2.05, 4.69) is 37.1 Å². The van der Waals surface area contributed by atoms with Crippen LogP contribution in [-0.4, -0.2) is 30.5 Å². The Morgan fingerprint density at radius 1 is 0.944 bits per heavy atom. The number of hydrazone groups is 1. The van der Waals surface area contributed by atoms with Crippen LogP contribution in [0.3, 0.4) is 0 Å². The van der Waals surface area contributed by atoms with Crippen molar-refractivity contribution in [2.45, 2.75) is 27.2 Å². The molecule has 0 radical (unpaired) electrons. The lowest BCUT2D eigenvalue weighted by Crippen LogP contribution is -2.32. The average Bonchev–Trinajstić information content (AvgIpc) is 2.83. The molecule has 186 valence electrons. The number of halogens is 1. The van der Waals surface area contributed by atoms with Gasteiger partial charge in [-0.2, -0.15) is 5.10 Å². The molecule has 3 aromatic carbocycles. The van der Waals surface area contributed by atoms with E-state index in [9.17, 15) is 14.4 Å². The molecule has 0 atom stereocenters. The molecule has 0 aliphatic rings. The van der Waals surface area contributed by atoms with E-state index in [0.29, 0.717) is 29.1 Å². The summed E-state index contributed by atoms with van der Waals surface area (Å²) in [5.74, 6) is -1.68. The minimum Gasteiger partial charge on any atom is -0.483 e. The van der Waals surface area contributed by atoms with Crippen LogP contribution in [0.1, 0.15) is 29.2 Å². The first-order chi connectivity index (χ1) is 17.2. The zero-order chi connectivity index (χ0) is 26.1. The fraction of sp³-hybridized carbons (Fsp3) is 0.185. The zero-order valence-corrected chi connectivity index (χ0v) is 21.8. The predicted molar refractivity (Wildman–Crippen MR) is 144 cm³/mol. The Labute approximate surface area is 218 Å². The fourth-order valence-corrected chi connectivity index (χ4v) is 3.86. The second-order valence-electron chi connectivity index (χ2n) is 8.06. The van der Waals surface area contributed by atoms with Crippen molar-refractivity contribution < 1.29 is 19.1 Å². The van der Waals surface area contributed by atoms with E-state index < -0.39 is 11.8 Å². The molecule has 0 heterocycles. The molecule has 0 saturated heterocycles. The second kappa shape index (κ2) is 12.6. The smallest absolute Gasteiger partial charge is 0.329 e. The number of carbonyl (C=O) groups excluding carboxylic acids is 3. The third-order valence-electron chi connectivity index (χ3n) is 5.06. The minimum absolute atomic E-state index is 0.221. The predicted octanol–water partition coefficient (Wildman–Crippen LogP) is 4.73. The first-order valence-corrected chi connectivity index (χ1v) is 12.1. The highest BCUT2D eigenvalue weighted by molar-refractivity contribution is 9.10. The van der Waals surface area contributed by atoms with Gasteiger partial charge >= 0.3 is 11.8 Å². The number of anilines is 2. The summed E-state index contributed by atoms with van der Waals surface area (Å²) in [7, 11) is 0. The van der Waals surface area contributed by atoms with Crippen molar-refractivity contribution in [1.82, 2.24) is 5.43 Å². The molecule has 0 spiro atoms. The molecule has 0 bridgehead atoms. The zero-order valence-electron chi connectivity index (χ0n) is 20.2. The van der Waals surface area contributed by atoms with E-state index in [1.165, 1.54) is 6.21 Å². The number of rotatable bonds is 8. The minimum atomic E-state index is -0.914. The Balaban J connectivity index is 1.59. The van der Waals surface area contributed by atoms with Crippen molar-refractivity contribution in [3.05, 3.63) is 87.4 Å². The standard InChI is InChI=1S/C27H27BrN4O4/c1-4-19-7-5-6-8-23(19)31-26(34)27(35)32-29-15-20-14-21(28)9-10-24(20)36-16-25(33)30-22-12-17(2)11-18(3)13-22/h5-15H,4,16H2,1-3H3,(H,30,33)(H,31,34)(H,32,35)/b29-15-. The van der Waals surface area contributed by atoms with E-state index in [1.807, 2.05) is 51.1 Å². The highest BCUT2D eigenvalue weighted by Crippen LogP contribution is 2.22. The van der Waals surface area contributed by atoms with Gasteiger partial charge in [-0.15, -0.1) is 0 Å². The lowest BCUT2D eigenvalue weighted by molar-refractivity contribution is -0.136. The van der Waals surface area contributed by atoms with Crippen LogP contribution in [-0.2, 0) is 20.8 Å². The molecule has 0 aliphatic carbocycles. The van der Waals surface area contributed by atoms with Gasteiger partial charge in [0.15, 0.2) is 6.61 Å². The van der Waals surface area contributed by atoms with Gasteiger partial charge in [-0.3, -0.25) is 14.4 Å². The summed E-state index contributed by atoms with van der Waals surface area (Å²) in [5.41, 5.74) is 6.99. The maximum Gasteiger partial charge on any atom is 0.329 e. The van der Waals surface area contributed by atoms with Crippen LogP contribution in [0, 0.1) is 13.8 Å². The number of hydrogen-bond acceptors (Lipinski definition) is 5. The highest BCUT2D eigenvalue weighted by atomic mass is 79.9. The van der Waals surface area contributed by atoms with Crippen LogP contribution in [0.25, 0.3) is 0 Å². The molecule has 36 heavy (non-hydrogen) atoms. The van der Waals surface area contributed by atoms with Gasteiger partial charge in [-0.05, 0) is 73.4 Å².